The maximum absolute atomic E-state index is 13.5. The smallest absolute Gasteiger partial charge is 0.311 e. The molecule has 1 atom stereocenters. The fraction of sp³-hybridized carbons (Fsp3) is 0.242. The van der Waals surface area contributed by atoms with E-state index >= 15 is 0 Å². The second kappa shape index (κ2) is 14.4. The molecule has 0 aliphatic carbocycles. The van der Waals surface area contributed by atoms with Crippen LogP contribution < -0.4 is 4.74 Å². The first-order chi connectivity index (χ1) is 19.7. The number of rotatable bonds is 13. The number of carbonyl (C=O) groups is 1. The highest BCUT2D eigenvalue weighted by Crippen LogP contribution is 2.26. The predicted octanol–water partition coefficient (Wildman–Crippen LogP) is 6.66. The molecule has 1 unspecified atom stereocenters. The Bertz CT molecular complexity index is 1560. The van der Waals surface area contributed by atoms with Gasteiger partial charge in [0.1, 0.15) is 5.75 Å². The van der Waals surface area contributed by atoms with Gasteiger partial charge < -0.3 is 9.84 Å². The Kier molecular flexibility index (Phi) is 10.7. The number of esters is 1. The van der Waals surface area contributed by atoms with E-state index in [1.807, 2.05) is 55.5 Å². The Balaban J connectivity index is 1.50. The van der Waals surface area contributed by atoms with Crippen LogP contribution in [0.3, 0.4) is 0 Å². The predicted molar refractivity (Wildman–Crippen MR) is 161 cm³/mol. The SMILES string of the molecule is CCCC(=O)Oc1cccc(S(=O)(=O)c2cccc(CCN(Cc3ccccc3)CC(O)c3cccc(Cl)c3)c2)c1. The monoisotopic (exact) mass is 591 g/mol. The number of nitrogens with zero attached hydrogens (tertiary/aromatic N) is 1. The van der Waals surface area contributed by atoms with Crippen LogP contribution in [0, 0.1) is 0 Å². The van der Waals surface area contributed by atoms with Gasteiger partial charge in [-0.25, -0.2) is 8.42 Å². The van der Waals surface area contributed by atoms with Gasteiger partial charge in [0.15, 0.2) is 0 Å². The molecule has 214 valence electrons. The van der Waals surface area contributed by atoms with Crippen molar-refractivity contribution >= 4 is 27.4 Å². The van der Waals surface area contributed by atoms with Crippen molar-refractivity contribution in [2.24, 2.45) is 0 Å². The van der Waals surface area contributed by atoms with E-state index in [0.29, 0.717) is 37.5 Å². The Hall–Kier alpha value is -3.49. The Morgan fingerprint density at radius 1 is 0.878 bits per heavy atom. The van der Waals surface area contributed by atoms with Crippen molar-refractivity contribution in [3.8, 4) is 5.75 Å². The number of aliphatic hydroxyl groups is 1. The molecule has 0 bridgehead atoms. The van der Waals surface area contributed by atoms with Crippen LogP contribution in [0.1, 0.15) is 42.6 Å². The van der Waals surface area contributed by atoms with Crippen LogP contribution in [-0.2, 0) is 27.6 Å². The summed E-state index contributed by atoms with van der Waals surface area (Å²) in [5, 5.41) is 11.5. The first-order valence-corrected chi connectivity index (χ1v) is 15.5. The standard InChI is InChI=1S/C33H34ClNO5S/c1-2-9-33(37)40-29-15-8-17-31(22-29)41(38,39)30-16-6-12-25(20-30)18-19-35(23-26-10-4-3-5-11-26)24-32(36)27-13-7-14-28(34)21-27/h3-8,10-17,20-22,32,36H,2,9,18-19,23-24H2,1H3. The molecule has 0 saturated carbocycles. The Morgan fingerprint density at radius 3 is 2.29 bits per heavy atom. The Labute approximate surface area is 247 Å². The van der Waals surface area contributed by atoms with E-state index in [-0.39, 0.29) is 22.0 Å². The molecule has 0 aromatic heterocycles. The summed E-state index contributed by atoms with van der Waals surface area (Å²) < 4.78 is 32.2. The number of aliphatic hydroxyl groups excluding tert-OH is 1. The second-order valence-electron chi connectivity index (χ2n) is 9.89. The molecular weight excluding hydrogens is 558 g/mol. The van der Waals surface area contributed by atoms with Gasteiger partial charge in [0.05, 0.1) is 15.9 Å². The summed E-state index contributed by atoms with van der Waals surface area (Å²) >= 11 is 6.14. The summed E-state index contributed by atoms with van der Waals surface area (Å²) in [5.41, 5.74) is 2.71. The molecule has 0 aliphatic rings. The van der Waals surface area contributed by atoms with Gasteiger partial charge in [-0.1, -0.05) is 79.2 Å². The zero-order valence-corrected chi connectivity index (χ0v) is 24.5. The quantitative estimate of drug-likeness (QED) is 0.138. The summed E-state index contributed by atoms with van der Waals surface area (Å²) in [6, 6.07) is 30.1. The average Bonchev–Trinajstić information content (AvgIpc) is 2.97. The van der Waals surface area contributed by atoms with Crippen molar-refractivity contribution in [3.05, 3.63) is 125 Å². The van der Waals surface area contributed by atoms with E-state index in [1.165, 1.54) is 12.1 Å². The van der Waals surface area contributed by atoms with Crippen molar-refractivity contribution in [3.63, 3.8) is 0 Å². The molecule has 1 N–H and O–H groups in total. The van der Waals surface area contributed by atoms with Crippen LogP contribution >= 0.6 is 11.6 Å². The lowest BCUT2D eigenvalue weighted by Crippen LogP contribution is -2.30. The van der Waals surface area contributed by atoms with Gasteiger partial charge in [-0.3, -0.25) is 9.69 Å². The third-order valence-electron chi connectivity index (χ3n) is 6.64. The van der Waals surface area contributed by atoms with E-state index < -0.39 is 21.9 Å². The zero-order chi connectivity index (χ0) is 29.2. The van der Waals surface area contributed by atoms with Crippen LogP contribution in [0.15, 0.2) is 113 Å². The normalized spacial score (nSPS) is 12.3. The molecule has 4 rings (SSSR count). The first-order valence-electron chi connectivity index (χ1n) is 13.6. The number of hydrogen-bond acceptors (Lipinski definition) is 6. The molecular formula is C33H34ClNO5S. The summed E-state index contributed by atoms with van der Waals surface area (Å²) in [6.07, 6.45) is 0.748. The summed E-state index contributed by atoms with van der Waals surface area (Å²) in [5.74, 6) is -0.194. The van der Waals surface area contributed by atoms with Gasteiger partial charge in [0.2, 0.25) is 9.84 Å². The number of carbonyl (C=O) groups excluding carboxylic acids is 1. The summed E-state index contributed by atoms with van der Waals surface area (Å²) in [4.78, 5) is 14.3. The fourth-order valence-corrected chi connectivity index (χ4v) is 6.09. The lowest BCUT2D eigenvalue weighted by atomic mass is 10.1. The van der Waals surface area contributed by atoms with E-state index in [2.05, 4.69) is 4.90 Å². The van der Waals surface area contributed by atoms with Gasteiger partial charge in [0, 0.05) is 31.1 Å². The van der Waals surface area contributed by atoms with Gasteiger partial charge in [-0.05, 0) is 72.0 Å². The number of sulfone groups is 1. The van der Waals surface area contributed by atoms with Crippen molar-refractivity contribution < 1.29 is 23.1 Å². The second-order valence-corrected chi connectivity index (χ2v) is 12.3. The molecule has 0 aliphatic heterocycles. The maximum atomic E-state index is 13.5. The lowest BCUT2D eigenvalue weighted by Gasteiger charge is -2.26. The molecule has 0 amide bonds. The van der Waals surface area contributed by atoms with Crippen LogP contribution in [0.2, 0.25) is 5.02 Å². The average molecular weight is 592 g/mol. The highest BCUT2D eigenvalue weighted by atomic mass is 35.5. The van der Waals surface area contributed by atoms with Crippen LogP contribution in [-0.4, -0.2) is 37.5 Å². The van der Waals surface area contributed by atoms with Crippen LogP contribution in [0.4, 0.5) is 0 Å². The minimum atomic E-state index is -3.84. The molecule has 0 heterocycles. The van der Waals surface area contributed by atoms with E-state index in [0.717, 1.165) is 16.7 Å². The lowest BCUT2D eigenvalue weighted by molar-refractivity contribution is -0.134. The fourth-order valence-electron chi connectivity index (χ4n) is 4.52. The van der Waals surface area contributed by atoms with Crippen LogP contribution in [0.25, 0.3) is 0 Å². The van der Waals surface area contributed by atoms with Gasteiger partial charge in [-0.2, -0.15) is 0 Å². The highest BCUT2D eigenvalue weighted by Gasteiger charge is 2.20. The summed E-state index contributed by atoms with van der Waals surface area (Å²) in [7, 11) is -3.84. The topological polar surface area (TPSA) is 83.9 Å². The number of ether oxygens (including phenoxy) is 1. The molecule has 0 saturated heterocycles. The molecule has 0 radical (unpaired) electrons. The van der Waals surface area contributed by atoms with Crippen molar-refractivity contribution in [1.82, 2.24) is 4.90 Å². The van der Waals surface area contributed by atoms with Crippen molar-refractivity contribution in [2.45, 2.75) is 48.6 Å². The molecule has 0 spiro atoms. The molecule has 6 nitrogen and oxygen atoms in total. The Morgan fingerprint density at radius 2 is 1.56 bits per heavy atom. The molecule has 4 aromatic rings. The largest absolute Gasteiger partial charge is 0.426 e. The molecule has 41 heavy (non-hydrogen) atoms. The number of halogens is 1. The van der Waals surface area contributed by atoms with Crippen LogP contribution in [0.5, 0.6) is 5.75 Å². The third-order valence-corrected chi connectivity index (χ3v) is 8.62. The van der Waals surface area contributed by atoms with Crippen molar-refractivity contribution in [1.29, 1.82) is 0 Å². The number of hydrogen-bond donors (Lipinski definition) is 1. The first kappa shape index (κ1) is 30.5. The zero-order valence-electron chi connectivity index (χ0n) is 22.9. The van der Waals surface area contributed by atoms with E-state index in [4.69, 9.17) is 16.3 Å². The molecule has 8 heteroatoms. The van der Waals surface area contributed by atoms with Gasteiger partial charge in [0.25, 0.3) is 0 Å². The highest BCUT2D eigenvalue weighted by molar-refractivity contribution is 7.91. The molecule has 4 aromatic carbocycles. The van der Waals surface area contributed by atoms with Gasteiger partial charge >= 0.3 is 5.97 Å². The van der Waals surface area contributed by atoms with E-state index in [9.17, 15) is 18.3 Å². The van der Waals surface area contributed by atoms with Crippen molar-refractivity contribution in [2.75, 3.05) is 13.1 Å². The third kappa shape index (κ3) is 8.75. The van der Waals surface area contributed by atoms with Gasteiger partial charge in [-0.15, -0.1) is 0 Å². The maximum Gasteiger partial charge on any atom is 0.311 e. The number of benzene rings is 4. The molecule has 0 fully saturated rings. The minimum Gasteiger partial charge on any atom is -0.426 e. The minimum absolute atomic E-state index is 0.0618. The summed E-state index contributed by atoms with van der Waals surface area (Å²) in [6.45, 7) is 3.48. The van der Waals surface area contributed by atoms with E-state index in [1.54, 1.807) is 42.5 Å².